The number of nitrogens with zero attached hydrogens (tertiary/aromatic N) is 3. The third-order valence-electron chi connectivity index (χ3n) is 4.55. The van der Waals surface area contributed by atoms with Gasteiger partial charge in [-0.25, -0.2) is 9.37 Å². The second-order valence-corrected chi connectivity index (χ2v) is 6.22. The van der Waals surface area contributed by atoms with Gasteiger partial charge in [-0.1, -0.05) is 6.07 Å². The number of nitrogens with one attached hydrogen (secondary N) is 1. The minimum Gasteiger partial charge on any atom is -0.315 e. The second-order valence-electron chi connectivity index (χ2n) is 6.22. The third kappa shape index (κ3) is 3.05. The van der Waals surface area contributed by atoms with Crippen molar-refractivity contribution in [1.82, 2.24) is 19.6 Å². The predicted molar refractivity (Wildman–Crippen MR) is 93.3 cm³/mol. The summed E-state index contributed by atoms with van der Waals surface area (Å²) in [6.07, 6.45) is 3.21. The number of halogens is 1. The van der Waals surface area contributed by atoms with E-state index in [0.29, 0.717) is 0 Å². The van der Waals surface area contributed by atoms with Gasteiger partial charge in [0.25, 0.3) is 0 Å². The molecule has 0 saturated carbocycles. The Morgan fingerprint density at radius 1 is 1.04 bits per heavy atom. The van der Waals surface area contributed by atoms with E-state index in [1.54, 1.807) is 0 Å². The lowest BCUT2D eigenvalue weighted by atomic mass is 10.1. The van der Waals surface area contributed by atoms with Crippen molar-refractivity contribution in [3.05, 3.63) is 60.2 Å². The fourth-order valence-electron chi connectivity index (χ4n) is 3.31. The van der Waals surface area contributed by atoms with Crippen LogP contribution in [0.2, 0.25) is 0 Å². The molecule has 1 aliphatic rings. The van der Waals surface area contributed by atoms with Gasteiger partial charge in [0.15, 0.2) is 0 Å². The van der Waals surface area contributed by atoms with Crippen molar-refractivity contribution < 1.29 is 4.39 Å². The predicted octanol–water partition coefficient (Wildman–Crippen LogP) is 2.94. The molecule has 0 radical (unpaired) electrons. The molecular weight excluding hydrogens is 303 g/mol. The lowest BCUT2D eigenvalue weighted by Crippen LogP contribution is -2.28. The van der Waals surface area contributed by atoms with E-state index in [-0.39, 0.29) is 5.82 Å². The molecule has 1 fully saturated rings. The summed E-state index contributed by atoms with van der Waals surface area (Å²) in [5.41, 5.74) is 4.00. The fourth-order valence-corrected chi connectivity index (χ4v) is 3.31. The van der Waals surface area contributed by atoms with E-state index in [1.165, 1.54) is 17.8 Å². The SMILES string of the molecule is Fc1ccc(-c2nc3ccccn3c2CN2CCCNCC2)cc1. The molecule has 0 aliphatic carbocycles. The minimum absolute atomic E-state index is 0.220. The number of benzene rings is 1. The number of pyridine rings is 1. The van der Waals surface area contributed by atoms with Gasteiger partial charge in [-0.3, -0.25) is 4.90 Å². The van der Waals surface area contributed by atoms with Gasteiger partial charge in [-0.15, -0.1) is 0 Å². The van der Waals surface area contributed by atoms with Crippen molar-refractivity contribution in [1.29, 1.82) is 0 Å². The molecule has 1 aromatic carbocycles. The molecule has 2 aromatic heterocycles. The van der Waals surface area contributed by atoms with E-state index in [1.807, 2.05) is 30.3 Å². The van der Waals surface area contributed by atoms with Gasteiger partial charge < -0.3 is 9.72 Å². The molecule has 3 heterocycles. The van der Waals surface area contributed by atoms with Crippen molar-refractivity contribution in [3.63, 3.8) is 0 Å². The van der Waals surface area contributed by atoms with Crippen LogP contribution in [0, 0.1) is 5.82 Å². The lowest BCUT2D eigenvalue weighted by Gasteiger charge is -2.20. The van der Waals surface area contributed by atoms with Gasteiger partial charge >= 0.3 is 0 Å². The number of imidazole rings is 1. The highest BCUT2D eigenvalue weighted by molar-refractivity contribution is 5.66. The van der Waals surface area contributed by atoms with Crippen molar-refractivity contribution in [3.8, 4) is 11.3 Å². The summed E-state index contributed by atoms with van der Waals surface area (Å²) in [5.74, 6) is -0.220. The van der Waals surface area contributed by atoms with E-state index >= 15 is 0 Å². The Morgan fingerprint density at radius 2 is 1.92 bits per heavy atom. The molecule has 1 N–H and O–H groups in total. The van der Waals surface area contributed by atoms with Gasteiger partial charge in [-0.05, 0) is 55.9 Å². The van der Waals surface area contributed by atoms with Gasteiger partial charge in [0.2, 0.25) is 0 Å². The molecule has 24 heavy (non-hydrogen) atoms. The monoisotopic (exact) mass is 324 g/mol. The number of hydrogen-bond donors (Lipinski definition) is 1. The van der Waals surface area contributed by atoms with Gasteiger partial charge in [0, 0.05) is 31.4 Å². The Morgan fingerprint density at radius 3 is 2.79 bits per heavy atom. The minimum atomic E-state index is -0.220. The molecule has 0 bridgehead atoms. The number of aromatic nitrogens is 2. The smallest absolute Gasteiger partial charge is 0.137 e. The first-order valence-corrected chi connectivity index (χ1v) is 8.46. The zero-order valence-electron chi connectivity index (χ0n) is 13.6. The molecule has 0 spiro atoms. The molecular formula is C19H21FN4. The number of rotatable bonds is 3. The number of fused-ring (bicyclic) bond motifs is 1. The molecule has 4 nitrogen and oxygen atoms in total. The van der Waals surface area contributed by atoms with Crippen LogP contribution in [-0.2, 0) is 6.54 Å². The van der Waals surface area contributed by atoms with Gasteiger partial charge in [0.05, 0.1) is 11.4 Å². The highest BCUT2D eigenvalue weighted by Crippen LogP contribution is 2.26. The maximum Gasteiger partial charge on any atom is 0.137 e. The quantitative estimate of drug-likeness (QED) is 0.804. The van der Waals surface area contributed by atoms with Crippen LogP contribution in [0.25, 0.3) is 16.9 Å². The molecule has 1 saturated heterocycles. The third-order valence-corrected chi connectivity index (χ3v) is 4.55. The normalized spacial score (nSPS) is 16.4. The van der Waals surface area contributed by atoms with Crippen LogP contribution >= 0.6 is 0 Å². The topological polar surface area (TPSA) is 32.6 Å². The molecule has 5 heteroatoms. The van der Waals surface area contributed by atoms with Crippen molar-refractivity contribution >= 4 is 5.65 Å². The van der Waals surface area contributed by atoms with Crippen LogP contribution in [0.3, 0.4) is 0 Å². The Bertz CT molecular complexity index is 817. The van der Waals surface area contributed by atoms with Gasteiger partial charge in [-0.2, -0.15) is 0 Å². The number of hydrogen-bond acceptors (Lipinski definition) is 3. The first-order valence-electron chi connectivity index (χ1n) is 8.46. The molecule has 1 aliphatic heterocycles. The van der Waals surface area contributed by atoms with Gasteiger partial charge in [0.1, 0.15) is 11.5 Å². The Hall–Kier alpha value is -2.24. The largest absolute Gasteiger partial charge is 0.315 e. The first kappa shape index (κ1) is 15.3. The average Bonchev–Trinajstić information content (AvgIpc) is 2.78. The van der Waals surface area contributed by atoms with E-state index < -0.39 is 0 Å². The van der Waals surface area contributed by atoms with Crippen LogP contribution in [-0.4, -0.2) is 40.5 Å². The van der Waals surface area contributed by atoms with Crippen molar-refractivity contribution in [2.45, 2.75) is 13.0 Å². The van der Waals surface area contributed by atoms with Crippen molar-refractivity contribution in [2.75, 3.05) is 26.2 Å². The van der Waals surface area contributed by atoms with E-state index in [0.717, 1.165) is 56.0 Å². The average molecular weight is 324 g/mol. The molecule has 0 amide bonds. The van der Waals surface area contributed by atoms with E-state index in [4.69, 9.17) is 4.98 Å². The molecule has 0 unspecified atom stereocenters. The summed E-state index contributed by atoms with van der Waals surface area (Å²) < 4.78 is 15.4. The summed E-state index contributed by atoms with van der Waals surface area (Å²) in [4.78, 5) is 7.26. The van der Waals surface area contributed by atoms with Crippen LogP contribution in [0.5, 0.6) is 0 Å². The Labute approximate surface area is 140 Å². The summed E-state index contributed by atoms with van der Waals surface area (Å²) in [5, 5.41) is 3.44. The molecule has 124 valence electrons. The molecule has 0 atom stereocenters. The zero-order valence-corrected chi connectivity index (χ0v) is 13.6. The summed E-state index contributed by atoms with van der Waals surface area (Å²) in [7, 11) is 0. The van der Waals surface area contributed by atoms with E-state index in [2.05, 4.69) is 20.8 Å². The van der Waals surface area contributed by atoms with E-state index in [9.17, 15) is 4.39 Å². The maximum absolute atomic E-state index is 13.3. The van der Waals surface area contributed by atoms with Crippen LogP contribution in [0.15, 0.2) is 48.7 Å². The van der Waals surface area contributed by atoms with Crippen molar-refractivity contribution in [2.24, 2.45) is 0 Å². The molecule has 3 aromatic rings. The second kappa shape index (κ2) is 6.71. The molecule has 4 rings (SSSR count). The summed E-state index contributed by atoms with van der Waals surface area (Å²) >= 11 is 0. The lowest BCUT2D eigenvalue weighted by molar-refractivity contribution is 0.281. The highest BCUT2D eigenvalue weighted by atomic mass is 19.1. The summed E-state index contributed by atoms with van der Waals surface area (Å²) in [6.45, 7) is 5.05. The Balaban J connectivity index is 1.76. The zero-order chi connectivity index (χ0) is 16.4. The maximum atomic E-state index is 13.3. The van der Waals surface area contributed by atoms with Crippen LogP contribution < -0.4 is 5.32 Å². The highest BCUT2D eigenvalue weighted by Gasteiger charge is 2.17. The first-order chi connectivity index (χ1) is 11.8. The summed E-state index contributed by atoms with van der Waals surface area (Å²) in [6, 6.07) is 12.7. The van der Waals surface area contributed by atoms with Crippen LogP contribution in [0.4, 0.5) is 4.39 Å². The Kier molecular flexibility index (Phi) is 4.28. The standard InChI is InChI=1S/C19H21FN4/c20-16-7-5-15(6-8-16)19-17(14-23-11-3-9-21-10-13-23)24-12-2-1-4-18(24)22-19/h1-2,4-8,12,21H,3,9-11,13-14H2. The fraction of sp³-hybridized carbons (Fsp3) is 0.316. The van der Waals surface area contributed by atoms with Crippen LogP contribution in [0.1, 0.15) is 12.1 Å².